The lowest BCUT2D eigenvalue weighted by molar-refractivity contribution is 0.817. The van der Waals surface area contributed by atoms with Gasteiger partial charge in [0.2, 0.25) is 5.95 Å². The second-order valence-corrected chi connectivity index (χ2v) is 6.23. The standard InChI is InChI=1S/C19H27N5/c1-4-23(5-2)19-20-15(3)14-18(22-19)21-16-8-10-17(11-9-16)24-12-6-7-13-24/h8-11,14H,4-7,12-13H2,1-3H3,(H,20,21,22). The molecule has 1 aliphatic rings. The van der Waals surface area contributed by atoms with E-state index in [1.54, 1.807) is 0 Å². The largest absolute Gasteiger partial charge is 0.372 e. The molecule has 1 aromatic heterocycles. The molecule has 24 heavy (non-hydrogen) atoms. The Kier molecular flexibility index (Phi) is 5.18. The zero-order valence-corrected chi connectivity index (χ0v) is 14.9. The van der Waals surface area contributed by atoms with Crippen molar-refractivity contribution in [1.29, 1.82) is 0 Å². The number of hydrogen-bond acceptors (Lipinski definition) is 5. The average molecular weight is 325 g/mol. The van der Waals surface area contributed by atoms with E-state index >= 15 is 0 Å². The number of nitrogens with zero attached hydrogens (tertiary/aromatic N) is 4. The van der Waals surface area contributed by atoms with E-state index in [-0.39, 0.29) is 0 Å². The van der Waals surface area contributed by atoms with Gasteiger partial charge >= 0.3 is 0 Å². The minimum atomic E-state index is 0.788. The van der Waals surface area contributed by atoms with Crippen LogP contribution in [0.2, 0.25) is 0 Å². The highest BCUT2D eigenvalue weighted by Gasteiger charge is 2.12. The molecule has 2 aromatic rings. The maximum Gasteiger partial charge on any atom is 0.227 e. The Balaban J connectivity index is 1.75. The molecule has 0 aliphatic carbocycles. The number of rotatable bonds is 6. The van der Waals surface area contributed by atoms with E-state index in [4.69, 9.17) is 0 Å². The van der Waals surface area contributed by atoms with Gasteiger partial charge in [0.15, 0.2) is 0 Å². The van der Waals surface area contributed by atoms with Gasteiger partial charge in [-0.2, -0.15) is 4.98 Å². The monoisotopic (exact) mass is 325 g/mol. The third-order valence-electron chi connectivity index (χ3n) is 4.50. The van der Waals surface area contributed by atoms with Crippen LogP contribution >= 0.6 is 0 Å². The molecule has 0 radical (unpaired) electrons. The Labute approximate surface area is 144 Å². The number of aromatic nitrogens is 2. The Morgan fingerprint density at radius 2 is 1.71 bits per heavy atom. The summed E-state index contributed by atoms with van der Waals surface area (Å²) in [5, 5.41) is 3.41. The van der Waals surface area contributed by atoms with Crippen molar-refractivity contribution in [3.63, 3.8) is 0 Å². The molecule has 0 saturated carbocycles. The van der Waals surface area contributed by atoms with E-state index in [0.717, 1.165) is 36.2 Å². The average Bonchev–Trinajstić information content (AvgIpc) is 3.11. The van der Waals surface area contributed by atoms with Crippen molar-refractivity contribution in [2.45, 2.75) is 33.6 Å². The van der Waals surface area contributed by atoms with Crippen molar-refractivity contribution in [3.8, 4) is 0 Å². The second kappa shape index (κ2) is 7.51. The van der Waals surface area contributed by atoms with Crippen LogP contribution in [0.1, 0.15) is 32.4 Å². The first-order valence-electron chi connectivity index (χ1n) is 8.92. The Morgan fingerprint density at radius 3 is 2.33 bits per heavy atom. The Bertz CT molecular complexity index is 658. The highest BCUT2D eigenvalue weighted by Crippen LogP contribution is 2.24. The molecule has 5 heteroatoms. The van der Waals surface area contributed by atoms with Crippen LogP contribution in [0.4, 0.5) is 23.1 Å². The quantitative estimate of drug-likeness (QED) is 0.870. The van der Waals surface area contributed by atoms with Crippen LogP contribution in [0.5, 0.6) is 0 Å². The fourth-order valence-corrected chi connectivity index (χ4v) is 3.14. The smallest absolute Gasteiger partial charge is 0.227 e. The number of anilines is 4. The summed E-state index contributed by atoms with van der Waals surface area (Å²) in [5.41, 5.74) is 3.34. The van der Waals surface area contributed by atoms with Crippen molar-refractivity contribution in [3.05, 3.63) is 36.0 Å². The Morgan fingerprint density at radius 1 is 1.04 bits per heavy atom. The maximum atomic E-state index is 4.66. The number of hydrogen-bond donors (Lipinski definition) is 1. The number of benzene rings is 1. The maximum absolute atomic E-state index is 4.66. The van der Waals surface area contributed by atoms with Gasteiger partial charge in [-0.05, 0) is 57.9 Å². The van der Waals surface area contributed by atoms with Crippen molar-refractivity contribution in [2.24, 2.45) is 0 Å². The van der Waals surface area contributed by atoms with Crippen LogP contribution in [0.3, 0.4) is 0 Å². The predicted molar refractivity (Wildman–Crippen MR) is 102 cm³/mol. The molecule has 0 atom stereocenters. The van der Waals surface area contributed by atoms with Crippen LogP contribution in [0.15, 0.2) is 30.3 Å². The van der Waals surface area contributed by atoms with Crippen LogP contribution in [-0.2, 0) is 0 Å². The fourth-order valence-electron chi connectivity index (χ4n) is 3.14. The Hall–Kier alpha value is -2.30. The van der Waals surface area contributed by atoms with Crippen LogP contribution in [0.25, 0.3) is 0 Å². The van der Waals surface area contributed by atoms with Crippen molar-refractivity contribution >= 4 is 23.1 Å². The summed E-state index contributed by atoms with van der Waals surface area (Å²) in [6.07, 6.45) is 2.60. The first-order chi connectivity index (χ1) is 11.7. The summed E-state index contributed by atoms with van der Waals surface area (Å²) in [6, 6.07) is 10.6. The van der Waals surface area contributed by atoms with Gasteiger partial charge < -0.3 is 15.1 Å². The van der Waals surface area contributed by atoms with Crippen molar-refractivity contribution in [1.82, 2.24) is 9.97 Å². The molecule has 0 amide bonds. The molecule has 0 bridgehead atoms. The number of aryl methyl sites for hydroxylation is 1. The van der Waals surface area contributed by atoms with Gasteiger partial charge in [0.25, 0.3) is 0 Å². The molecule has 2 heterocycles. The van der Waals surface area contributed by atoms with Crippen molar-refractivity contribution in [2.75, 3.05) is 41.3 Å². The van der Waals surface area contributed by atoms with Crippen LogP contribution < -0.4 is 15.1 Å². The molecule has 0 spiro atoms. The van der Waals surface area contributed by atoms with Crippen LogP contribution in [0, 0.1) is 6.92 Å². The van der Waals surface area contributed by atoms with E-state index in [0.29, 0.717) is 0 Å². The highest BCUT2D eigenvalue weighted by molar-refractivity contribution is 5.62. The summed E-state index contributed by atoms with van der Waals surface area (Å²) in [7, 11) is 0. The summed E-state index contributed by atoms with van der Waals surface area (Å²) in [4.78, 5) is 13.8. The van der Waals surface area contributed by atoms with E-state index < -0.39 is 0 Å². The molecular formula is C19H27N5. The number of nitrogens with one attached hydrogen (secondary N) is 1. The molecule has 1 aromatic carbocycles. The van der Waals surface area contributed by atoms with E-state index in [1.165, 1.54) is 31.6 Å². The van der Waals surface area contributed by atoms with E-state index in [1.807, 2.05) is 13.0 Å². The molecule has 3 rings (SSSR count). The lowest BCUT2D eigenvalue weighted by atomic mass is 10.2. The van der Waals surface area contributed by atoms with Gasteiger partial charge in [-0.15, -0.1) is 0 Å². The van der Waals surface area contributed by atoms with Crippen LogP contribution in [-0.4, -0.2) is 36.1 Å². The second-order valence-electron chi connectivity index (χ2n) is 6.23. The summed E-state index contributed by atoms with van der Waals surface area (Å²) in [5.74, 6) is 1.63. The molecule has 1 saturated heterocycles. The molecule has 128 valence electrons. The highest BCUT2D eigenvalue weighted by atomic mass is 15.3. The lowest BCUT2D eigenvalue weighted by Crippen LogP contribution is -2.24. The molecule has 5 nitrogen and oxygen atoms in total. The minimum absolute atomic E-state index is 0.788. The van der Waals surface area contributed by atoms with Gasteiger partial charge in [0.05, 0.1) is 0 Å². The first-order valence-corrected chi connectivity index (χ1v) is 8.92. The first kappa shape index (κ1) is 16.6. The molecule has 1 fully saturated rings. The van der Waals surface area contributed by atoms with Gasteiger partial charge in [0.1, 0.15) is 5.82 Å². The zero-order valence-electron chi connectivity index (χ0n) is 14.9. The van der Waals surface area contributed by atoms with Gasteiger partial charge in [-0.3, -0.25) is 0 Å². The molecular weight excluding hydrogens is 298 g/mol. The predicted octanol–water partition coefficient (Wildman–Crippen LogP) is 3.98. The van der Waals surface area contributed by atoms with Crippen molar-refractivity contribution < 1.29 is 0 Å². The molecule has 0 unspecified atom stereocenters. The fraction of sp³-hybridized carbons (Fsp3) is 0.474. The lowest BCUT2D eigenvalue weighted by Gasteiger charge is -2.20. The third-order valence-corrected chi connectivity index (χ3v) is 4.50. The topological polar surface area (TPSA) is 44.3 Å². The summed E-state index contributed by atoms with van der Waals surface area (Å²) < 4.78 is 0. The zero-order chi connectivity index (χ0) is 16.9. The van der Waals surface area contributed by atoms with Gasteiger partial charge in [-0.1, -0.05) is 0 Å². The third kappa shape index (κ3) is 3.78. The normalized spacial score (nSPS) is 14.0. The van der Waals surface area contributed by atoms with Gasteiger partial charge in [0, 0.05) is 49.3 Å². The SMILES string of the molecule is CCN(CC)c1nc(C)cc(Nc2ccc(N3CCCC3)cc2)n1. The van der Waals surface area contributed by atoms with E-state index in [2.05, 4.69) is 63.2 Å². The minimum Gasteiger partial charge on any atom is -0.372 e. The summed E-state index contributed by atoms with van der Waals surface area (Å²) >= 11 is 0. The van der Waals surface area contributed by atoms with Gasteiger partial charge in [-0.25, -0.2) is 4.98 Å². The molecule has 1 N–H and O–H groups in total. The molecule has 1 aliphatic heterocycles. The van der Waals surface area contributed by atoms with E-state index in [9.17, 15) is 0 Å². The summed E-state index contributed by atoms with van der Waals surface area (Å²) in [6.45, 7) is 10.4.